The second-order valence-corrected chi connectivity index (χ2v) is 3.73. The maximum Gasteiger partial charge on any atom is 0.0621 e. The number of aliphatic imine (C=N–C) groups is 1. The van der Waals surface area contributed by atoms with Gasteiger partial charge in [-0.1, -0.05) is 30.3 Å². The Hall–Kier alpha value is -1.62. The average molecular weight is 214 g/mol. The van der Waals surface area contributed by atoms with Crippen LogP contribution in [0.4, 0.5) is 0 Å². The van der Waals surface area contributed by atoms with Gasteiger partial charge in [0.1, 0.15) is 0 Å². The Labute approximate surface area is 97.6 Å². The standard InChI is InChI=1S/C14H18N2/c15-11-6-1-2-7-12-16-13-10-14-8-4-3-5-9-14/h3-5,8-9,12H,1-2,6-7,10,13H2. The van der Waals surface area contributed by atoms with Crippen molar-refractivity contribution in [2.45, 2.75) is 32.1 Å². The van der Waals surface area contributed by atoms with E-state index >= 15 is 0 Å². The number of hydrogen-bond acceptors (Lipinski definition) is 2. The van der Waals surface area contributed by atoms with E-state index < -0.39 is 0 Å². The summed E-state index contributed by atoms with van der Waals surface area (Å²) >= 11 is 0. The molecule has 1 rings (SSSR count). The second-order valence-electron chi connectivity index (χ2n) is 3.73. The lowest BCUT2D eigenvalue weighted by atomic mass is 10.1. The first-order valence-electron chi connectivity index (χ1n) is 5.82. The van der Waals surface area contributed by atoms with Crippen LogP contribution < -0.4 is 0 Å². The van der Waals surface area contributed by atoms with Crippen molar-refractivity contribution in [3.8, 4) is 6.07 Å². The van der Waals surface area contributed by atoms with Gasteiger partial charge in [-0.05, 0) is 37.5 Å². The van der Waals surface area contributed by atoms with Gasteiger partial charge in [-0.25, -0.2) is 0 Å². The van der Waals surface area contributed by atoms with Gasteiger partial charge < -0.3 is 0 Å². The molecule has 0 aliphatic heterocycles. The first-order valence-corrected chi connectivity index (χ1v) is 5.82. The van der Waals surface area contributed by atoms with Gasteiger partial charge in [0, 0.05) is 13.0 Å². The van der Waals surface area contributed by atoms with Crippen molar-refractivity contribution in [2.75, 3.05) is 6.54 Å². The maximum atomic E-state index is 8.35. The Morgan fingerprint density at radius 3 is 2.75 bits per heavy atom. The first-order chi connectivity index (χ1) is 7.93. The van der Waals surface area contributed by atoms with Gasteiger partial charge in [-0.15, -0.1) is 0 Å². The van der Waals surface area contributed by atoms with Gasteiger partial charge in [0.2, 0.25) is 0 Å². The van der Waals surface area contributed by atoms with Crippen LogP contribution in [0.2, 0.25) is 0 Å². The van der Waals surface area contributed by atoms with Crippen molar-refractivity contribution in [2.24, 2.45) is 4.99 Å². The largest absolute Gasteiger partial charge is 0.297 e. The normalized spacial score (nSPS) is 10.4. The fourth-order valence-electron chi connectivity index (χ4n) is 1.46. The molecule has 0 aliphatic carbocycles. The van der Waals surface area contributed by atoms with Gasteiger partial charge >= 0.3 is 0 Å². The molecule has 0 bridgehead atoms. The van der Waals surface area contributed by atoms with E-state index in [2.05, 4.69) is 35.3 Å². The lowest BCUT2D eigenvalue weighted by Gasteiger charge is -1.96. The van der Waals surface area contributed by atoms with Crippen LogP contribution in [0.5, 0.6) is 0 Å². The van der Waals surface area contributed by atoms with E-state index in [1.165, 1.54) is 5.56 Å². The van der Waals surface area contributed by atoms with E-state index in [0.717, 1.165) is 32.2 Å². The molecule has 2 heteroatoms. The van der Waals surface area contributed by atoms with Crippen molar-refractivity contribution < 1.29 is 0 Å². The molecule has 84 valence electrons. The lowest BCUT2D eigenvalue weighted by Crippen LogP contribution is -1.89. The Bertz CT molecular complexity index is 336. The molecule has 1 aromatic carbocycles. The van der Waals surface area contributed by atoms with Crippen LogP contribution in [0.1, 0.15) is 31.2 Å². The minimum absolute atomic E-state index is 0.665. The van der Waals surface area contributed by atoms with E-state index in [0.29, 0.717) is 6.42 Å². The van der Waals surface area contributed by atoms with Gasteiger partial charge in [0.25, 0.3) is 0 Å². The summed E-state index contributed by atoms with van der Waals surface area (Å²) in [7, 11) is 0. The van der Waals surface area contributed by atoms with Crippen molar-refractivity contribution in [3.05, 3.63) is 35.9 Å². The molecule has 0 saturated heterocycles. The van der Waals surface area contributed by atoms with Crippen LogP contribution >= 0.6 is 0 Å². The Morgan fingerprint density at radius 1 is 1.19 bits per heavy atom. The van der Waals surface area contributed by atoms with Crippen molar-refractivity contribution in [1.82, 2.24) is 0 Å². The monoisotopic (exact) mass is 214 g/mol. The molecular formula is C14H18N2. The number of nitriles is 1. The van der Waals surface area contributed by atoms with E-state index in [1.807, 2.05) is 12.3 Å². The van der Waals surface area contributed by atoms with E-state index in [-0.39, 0.29) is 0 Å². The zero-order valence-corrected chi connectivity index (χ0v) is 9.60. The summed E-state index contributed by atoms with van der Waals surface area (Å²) in [6, 6.07) is 12.5. The zero-order valence-electron chi connectivity index (χ0n) is 9.60. The van der Waals surface area contributed by atoms with Crippen LogP contribution in [0.15, 0.2) is 35.3 Å². The highest BCUT2D eigenvalue weighted by molar-refractivity contribution is 5.56. The number of nitrogens with zero attached hydrogens (tertiary/aromatic N) is 2. The third-order valence-corrected chi connectivity index (χ3v) is 2.37. The van der Waals surface area contributed by atoms with Crippen molar-refractivity contribution in [3.63, 3.8) is 0 Å². The molecule has 0 N–H and O–H groups in total. The summed E-state index contributed by atoms with van der Waals surface area (Å²) in [5, 5.41) is 8.35. The molecule has 1 aromatic rings. The fraction of sp³-hybridized carbons (Fsp3) is 0.429. The van der Waals surface area contributed by atoms with Crippen LogP contribution in [0.25, 0.3) is 0 Å². The Kier molecular flexibility index (Phi) is 6.75. The van der Waals surface area contributed by atoms with Gasteiger partial charge in [-0.3, -0.25) is 4.99 Å². The molecule has 0 aromatic heterocycles. The minimum atomic E-state index is 0.665. The number of unbranched alkanes of at least 4 members (excludes halogenated alkanes) is 3. The number of benzene rings is 1. The highest BCUT2D eigenvalue weighted by Gasteiger charge is 1.88. The second kappa shape index (κ2) is 8.67. The molecule has 0 heterocycles. The molecule has 0 atom stereocenters. The predicted octanol–water partition coefficient (Wildman–Crippen LogP) is 3.38. The third kappa shape index (κ3) is 5.98. The summed E-state index contributed by atoms with van der Waals surface area (Å²) in [4.78, 5) is 4.36. The summed E-state index contributed by atoms with van der Waals surface area (Å²) in [6.07, 6.45) is 6.72. The number of hydrogen-bond donors (Lipinski definition) is 0. The molecular weight excluding hydrogens is 196 g/mol. The van der Waals surface area contributed by atoms with Crippen LogP contribution in [0.3, 0.4) is 0 Å². The van der Waals surface area contributed by atoms with Crippen LogP contribution in [-0.2, 0) is 6.42 Å². The number of rotatable bonds is 7. The summed E-state index contributed by atoms with van der Waals surface area (Å²) < 4.78 is 0. The van der Waals surface area contributed by atoms with Crippen molar-refractivity contribution >= 4 is 6.21 Å². The van der Waals surface area contributed by atoms with E-state index in [4.69, 9.17) is 5.26 Å². The maximum absolute atomic E-state index is 8.35. The Morgan fingerprint density at radius 2 is 2.00 bits per heavy atom. The molecule has 16 heavy (non-hydrogen) atoms. The predicted molar refractivity (Wildman–Crippen MR) is 67.6 cm³/mol. The molecule has 0 aliphatic rings. The average Bonchev–Trinajstić information content (AvgIpc) is 2.34. The molecule has 0 radical (unpaired) electrons. The van der Waals surface area contributed by atoms with Gasteiger partial charge in [0.15, 0.2) is 0 Å². The Balaban J connectivity index is 2.03. The van der Waals surface area contributed by atoms with Gasteiger partial charge in [0.05, 0.1) is 6.07 Å². The molecule has 0 amide bonds. The SMILES string of the molecule is N#CCCCCC=NCCc1ccccc1. The summed E-state index contributed by atoms with van der Waals surface area (Å²) in [5.41, 5.74) is 1.34. The van der Waals surface area contributed by atoms with E-state index in [9.17, 15) is 0 Å². The summed E-state index contributed by atoms with van der Waals surface area (Å²) in [6.45, 7) is 0.863. The first kappa shape index (κ1) is 12.4. The minimum Gasteiger partial charge on any atom is -0.297 e. The molecule has 0 saturated carbocycles. The smallest absolute Gasteiger partial charge is 0.0621 e. The third-order valence-electron chi connectivity index (χ3n) is 2.37. The fourth-order valence-corrected chi connectivity index (χ4v) is 1.46. The summed E-state index contributed by atoms with van der Waals surface area (Å²) in [5.74, 6) is 0. The molecule has 2 nitrogen and oxygen atoms in total. The van der Waals surface area contributed by atoms with Crippen LogP contribution in [-0.4, -0.2) is 12.8 Å². The highest BCUT2D eigenvalue weighted by Crippen LogP contribution is 2.00. The van der Waals surface area contributed by atoms with Crippen molar-refractivity contribution in [1.29, 1.82) is 5.26 Å². The highest BCUT2D eigenvalue weighted by atomic mass is 14.7. The quantitative estimate of drug-likeness (QED) is 0.506. The van der Waals surface area contributed by atoms with Gasteiger partial charge in [-0.2, -0.15) is 5.26 Å². The van der Waals surface area contributed by atoms with E-state index in [1.54, 1.807) is 0 Å². The topological polar surface area (TPSA) is 36.1 Å². The lowest BCUT2D eigenvalue weighted by molar-refractivity contribution is 0.786. The molecule has 0 unspecified atom stereocenters. The zero-order chi connectivity index (χ0) is 11.5. The van der Waals surface area contributed by atoms with Crippen LogP contribution in [0, 0.1) is 11.3 Å². The molecule has 0 fully saturated rings. The molecule has 0 spiro atoms.